The number of aromatic nitrogens is 1. The van der Waals surface area contributed by atoms with Gasteiger partial charge in [0.2, 0.25) is 5.52 Å². The number of allylic oxidation sites excluding steroid dienone is 6. The summed E-state index contributed by atoms with van der Waals surface area (Å²) in [5.74, 6) is 0. The minimum Gasteiger partial charge on any atom is -1.00 e. The van der Waals surface area contributed by atoms with Crippen LogP contribution in [-0.2, 0) is 6.54 Å². The Balaban J connectivity index is 0.00000294. The van der Waals surface area contributed by atoms with Crippen LogP contribution in [0.2, 0.25) is 0 Å². The Morgan fingerprint density at radius 1 is 0.842 bits per heavy atom. The van der Waals surface area contributed by atoms with E-state index in [0.717, 1.165) is 25.9 Å². The molecule has 3 aromatic carbocycles. The van der Waals surface area contributed by atoms with E-state index in [1.165, 1.54) is 53.1 Å². The van der Waals surface area contributed by atoms with Crippen LogP contribution >= 0.6 is 23.1 Å². The normalized spacial score (nSPS) is 17.3. The molecule has 0 bridgehead atoms. The Labute approximate surface area is 251 Å². The first-order valence-corrected chi connectivity index (χ1v) is 14.7. The number of hydrogen-bond acceptors (Lipinski definition) is 3. The van der Waals surface area contributed by atoms with Crippen molar-refractivity contribution in [2.45, 2.75) is 38.1 Å². The number of thioether (sulfide) groups is 1. The molecule has 0 unspecified atom stereocenters. The van der Waals surface area contributed by atoms with Crippen LogP contribution in [0.25, 0.3) is 21.9 Å². The summed E-state index contributed by atoms with van der Waals surface area (Å²) >= 11 is 3.75. The van der Waals surface area contributed by atoms with Gasteiger partial charge >= 0.3 is 0 Å². The van der Waals surface area contributed by atoms with E-state index in [9.17, 15) is 0 Å². The SMILES string of the molecule is CCN1/C(=C/C=C2\CCC(/C=C/c3sc4ccccc4[n+]3CC)=C2c2ccccc2)Sc2ccccc21.[I-]. The van der Waals surface area contributed by atoms with E-state index < -0.39 is 0 Å². The molecule has 192 valence electrons. The highest BCUT2D eigenvalue weighted by Crippen LogP contribution is 2.46. The zero-order valence-electron chi connectivity index (χ0n) is 21.7. The molecule has 2 nitrogen and oxygen atoms in total. The van der Waals surface area contributed by atoms with E-state index in [-0.39, 0.29) is 24.0 Å². The zero-order chi connectivity index (χ0) is 25.2. The van der Waals surface area contributed by atoms with Gasteiger partial charge in [-0.15, -0.1) is 0 Å². The molecule has 0 amide bonds. The largest absolute Gasteiger partial charge is 1.00 e. The molecular weight excluding hydrogens is 615 g/mol. The van der Waals surface area contributed by atoms with Crippen LogP contribution in [0.1, 0.15) is 37.3 Å². The van der Waals surface area contributed by atoms with Crippen molar-refractivity contribution in [2.24, 2.45) is 0 Å². The van der Waals surface area contributed by atoms with E-state index >= 15 is 0 Å². The van der Waals surface area contributed by atoms with Crippen LogP contribution in [0.4, 0.5) is 5.69 Å². The number of thiazole rings is 1. The van der Waals surface area contributed by atoms with Crippen molar-refractivity contribution in [3.8, 4) is 0 Å². The highest BCUT2D eigenvalue weighted by molar-refractivity contribution is 8.03. The molecule has 1 aromatic heterocycles. The van der Waals surface area contributed by atoms with Crippen molar-refractivity contribution in [3.05, 3.63) is 124 Å². The van der Waals surface area contributed by atoms with E-state index in [1.54, 1.807) is 0 Å². The first-order chi connectivity index (χ1) is 18.3. The number of halogens is 1. The third-order valence-electron chi connectivity index (χ3n) is 7.13. The van der Waals surface area contributed by atoms with Gasteiger partial charge in [0.15, 0.2) is 0 Å². The molecule has 0 N–H and O–H groups in total. The average molecular weight is 647 g/mol. The summed E-state index contributed by atoms with van der Waals surface area (Å²) in [6, 6.07) is 28.3. The maximum Gasteiger partial charge on any atom is 0.262 e. The molecule has 6 rings (SSSR count). The number of anilines is 1. The van der Waals surface area contributed by atoms with Crippen molar-refractivity contribution >= 4 is 50.7 Å². The molecule has 0 fully saturated rings. The van der Waals surface area contributed by atoms with Crippen LogP contribution in [0, 0.1) is 0 Å². The predicted octanol–water partition coefficient (Wildman–Crippen LogP) is 5.87. The predicted molar refractivity (Wildman–Crippen MR) is 161 cm³/mol. The molecule has 0 atom stereocenters. The van der Waals surface area contributed by atoms with Gasteiger partial charge in [-0.1, -0.05) is 89.8 Å². The van der Waals surface area contributed by atoms with E-state index in [4.69, 9.17) is 0 Å². The van der Waals surface area contributed by atoms with Gasteiger partial charge in [-0.3, -0.25) is 0 Å². The smallest absolute Gasteiger partial charge is 0.262 e. The highest BCUT2D eigenvalue weighted by Gasteiger charge is 2.24. The fourth-order valence-electron chi connectivity index (χ4n) is 5.38. The van der Waals surface area contributed by atoms with E-state index in [1.807, 2.05) is 23.1 Å². The Morgan fingerprint density at radius 3 is 2.42 bits per heavy atom. The van der Waals surface area contributed by atoms with Gasteiger partial charge in [0.1, 0.15) is 11.2 Å². The molecule has 0 saturated carbocycles. The molecule has 2 aliphatic rings. The van der Waals surface area contributed by atoms with Crippen molar-refractivity contribution < 1.29 is 28.5 Å². The van der Waals surface area contributed by atoms with Gasteiger partial charge < -0.3 is 28.9 Å². The zero-order valence-corrected chi connectivity index (χ0v) is 25.5. The standard InChI is InChI=1S/C33H31N2S2.HI/c1-3-34-27-14-8-10-16-29(27)36-31(34)22-20-25-18-19-26(33(25)24-12-6-5-7-13-24)21-23-32-35(4-2)28-15-9-11-17-30(28)37-32;/h5-17,20-23H,3-4,18-19H2,1-2H3;1H/q+1;/p-1. The van der Waals surface area contributed by atoms with E-state index in [2.05, 4.69) is 126 Å². The molecule has 4 aromatic rings. The highest BCUT2D eigenvalue weighted by atomic mass is 127. The van der Waals surface area contributed by atoms with Gasteiger partial charge in [0.05, 0.1) is 10.7 Å². The topological polar surface area (TPSA) is 7.12 Å². The lowest BCUT2D eigenvalue weighted by Gasteiger charge is -2.17. The average Bonchev–Trinajstić information content (AvgIpc) is 3.63. The van der Waals surface area contributed by atoms with Crippen molar-refractivity contribution in [3.63, 3.8) is 0 Å². The molecule has 0 saturated heterocycles. The number of nitrogens with zero attached hydrogens (tertiary/aromatic N) is 2. The van der Waals surface area contributed by atoms with Crippen LogP contribution in [0.3, 0.4) is 0 Å². The molecule has 2 heterocycles. The Morgan fingerprint density at radius 2 is 1.61 bits per heavy atom. The molecule has 1 aliphatic heterocycles. The Bertz CT molecular complexity index is 1580. The van der Waals surface area contributed by atoms with Crippen molar-refractivity contribution in [1.29, 1.82) is 0 Å². The summed E-state index contributed by atoms with van der Waals surface area (Å²) in [4.78, 5) is 3.76. The first kappa shape index (κ1) is 27.0. The van der Waals surface area contributed by atoms with Gasteiger partial charge in [-0.05, 0) is 73.2 Å². The molecule has 1 aliphatic carbocycles. The second kappa shape index (κ2) is 12.1. The molecule has 5 heteroatoms. The number of rotatable bonds is 6. The first-order valence-electron chi connectivity index (χ1n) is 13.1. The molecule has 0 radical (unpaired) electrons. The second-order valence-electron chi connectivity index (χ2n) is 9.26. The van der Waals surface area contributed by atoms with Crippen LogP contribution < -0.4 is 33.4 Å². The summed E-state index contributed by atoms with van der Waals surface area (Å²) < 4.78 is 3.76. The monoisotopic (exact) mass is 646 g/mol. The minimum absolute atomic E-state index is 0. The fourth-order valence-corrected chi connectivity index (χ4v) is 7.64. The van der Waals surface area contributed by atoms with E-state index in [0.29, 0.717) is 0 Å². The lowest BCUT2D eigenvalue weighted by Crippen LogP contribution is -3.00. The summed E-state index contributed by atoms with van der Waals surface area (Å²) in [6.45, 7) is 6.41. The summed E-state index contributed by atoms with van der Waals surface area (Å²) in [6.07, 6.45) is 11.5. The maximum atomic E-state index is 2.42. The number of aryl methyl sites for hydroxylation is 1. The quantitative estimate of drug-likeness (QED) is 0.191. The van der Waals surface area contributed by atoms with Crippen molar-refractivity contribution in [1.82, 2.24) is 0 Å². The molecular formula is C33H31IN2S2. The number of fused-ring (bicyclic) bond motifs is 2. The second-order valence-corrected chi connectivity index (χ2v) is 11.4. The Hall–Kier alpha value is -2.61. The lowest BCUT2D eigenvalue weighted by atomic mass is 9.98. The number of benzene rings is 3. The summed E-state index contributed by atoms with van der Waals surface area (Å²) in [5, 5.41) is 2.61. The van der Waals surface area contributed by atoms with Crippen LogP contribution in [0.5, 0.6) is 0 Å². The van der Waals surface area contributed by atoms with Gasteiger partial charge in [0.25, 0.3) is 5.01 Å². The maximum absolute atomic E-state index is 2.42. The summed E-state index contributed by atoms with van der Waals surface area (Å²) in [5.41, 5.74) is 8.18. The lowest BCUT2D eigenvalue weighted by molar-refractivity contribution is -0.665. The third-order valence-corrected chi connectivity index (χ3v) is 9.39. The Kier molecular flexibility index (Phi) is 8.56. The number of hydrogen-bond donors (Lipinski definition) is 0. The summed E-state index contributed by atoms with van der Waals surface area (Å²) in [7, 11) is 0. The molecule has 38 heavy (non-hydrogen) atoms. The van der Waals surface area contributed by atoms with Crippen molar-refractivity contribution in [2.75, 3.05) is 11.4 Å². The fraction of sp³-hybridized carbons (Fsp3) is 0.182. The van der Waals surface area contributed by atoms with Crippen LogP contribution in [0.15, 0.2) is 118 Å². The minimum atomic E-state index is 0. The molecule has 0 spiro atoms. The van der Waals surface area contributed by atoms with Crippen LogP contribution in [-0.4, -0.2) is 6.54 Å². The van der Waals surface area contributed by atoms with Gasteiger partial charge in [-0.2, -0.15) is 4.57 Å². The van der Waals surface area contributed by atoms with Gasteiger partial charge in [0, 0.05) is 23.6 Å². The van der Waals surface area contributed by atoms with Gasteiger partial charge in [-0.25, -0.2) is 0 Å². The number of para-hydroxylation sites is 2. The third kappa shape index (κ3) is 5.16.